The SMILES string of the molecule is O=C1CC1C1CC(C(O)(C(F)(F)F)C(F)(F)F)CC(C(O)(C(F)(F)F)C(F)(F)F)C1. The standard InChI is InChI=1S/C15H14F12O3/c16-12(17,18)10(29,13(19,20)21)6-1-5(8-4-9(8)28)2-7(3-6)11(30,14(22,23)24)15(25,26)27/h5-8,29-30H,1-4H2. The van der Waals surface area contributed by atoms with Crippen LogP contribution >= 0.6 is 0 Å². The fourth-order valence-electron chi connectivity index (χ4n) is 4.21. The van der Waals surface area contributed by atoms with Crippen LogP contribution in [0.5, 0.6) is 0 Å². The van der Waals surface area contributed by atoms with Crippen LogP contribution in [-0.4, -0.2) is 51.9 Å². The maximum Gasteiger partial charge on any atom is 0.426 e. The van der Waals surface area contributed by atoms with E-state index in [0.29, 0.717) is 0 Å². The van der Waals surface area contributed by atoms with E-state index in [9.17, 15) is 67.7 Å². The van der Waals surface area contributed by atoms with E-state index in [4.69, 9.17) is 0 Å². The molecule has 0 aromatic heterocycles. The minimum atomic E-state index is -6.50. The summed E-state index contributed by atoms with van der Waals surface area (Å²) in [6.07, 6.45) is -31.1. The minimum absolute atomic E-state index is 0.447. The van der Waals surface area contributed by atoms with Crippen molar-refractivity contribution in [2.75, 3.05) is 0 Å². The van der Waals surface area contributed by atoms with Crippen LogP contribution in [-0.2, 0) is 4.79 Å². The number of aliphatic hydroxyl groups is 2. The molecule has 30 heavy (non-hydrogen) atoms. The van der Waals surface area contributed by atoms with Gasteiger partial charge in [0.15, 0.2) is 0 Å². The molecule has 2 aliphatic carbocycles. The third-order valence-electron chi connectivity index (χ3n) is 5.90. The lowest BCUT2D eigenvalue weighted by molar-refractivity contribution is -0.405. The topological polar surface area (TPSA) is 57.5 Å². The molecule has 176 valence electrons. The summed E-state index contributed by atoms with van der Waals surface area (Å²) >= 11 is 0. The number of hydrogen-bond acceptors (Lipinski definition) is 3. The molecule has 2 N–H and O–H groups in total. The molecule has 3 atom stereocenters. The van der Waals surface area contributed by atoms with Crippen LogP contribution in [0.15, 0.2) is 0 Å². The summed E-state index contributed by atoms with van der Waals surface area (Å²) in [6.45, 7) is 0. The molecule has 0 bridgehead atoms. The van der Waals surface area contributed by atoms with Crippen molar-refractivity contribution in [3.8, 4) is 0 Å². The zero-order valence-electron chi connectivity index (χ0n) is 14.5. The van der Waals surface area contributed by atoms with Gasteiger partial charge in [-0.25, -0.2) is 0 Å². The quantitative estimate of drug-likeness (QED) is 0.605. The lowest BCUT2D eigenvalue weighted by Crippen LogP contribution is -2.67. The van der Waals surface area contributed by atoms with E-state index in [1.165, 1.54) is 0 Å². The van der Waals surface area contributed by atoms with Gasteiger partial charge < -0.3 is 10.2 Å². The van der Waals surface area contributed by atoms with Crippen LogP contribution in [0.25, 0.3) is 0 Å². The lowest BCUT2D eigenvalue weighted by Gasteiger charge is -2.48. The summed E-state index contributed by atoms with van der Waals surface area (Å²) in [5.74, 6) is -10.2. The molecule has 3 nitrogen and oxygen atoms in total. The fourth-order valence-corrected chi connectivity index (χ4v) is 4.21. The van der Waals surface area contributed by atoms with Crippen molar-refractivity contribution in [2.24, 2.45) is 23.7 Å². The van der Waals surface area contributed by atoms with E-state index < -0.39 is 91.0 Å². The monoisotopic (exact) mass is 470 g/mol. The number of carbonyl (C=O) groups is 1. The average molecular weight is 470 g/mol. The molecule has 15 heteroatoms. The van der Waals surface area contributed by atoms with Gasteiger partial charge in [-0.1, -0.05) is 0 Å². The van der Waals surface area contributed by atoms with Crippen molar-refractivity contribution in [3.05, 3.63) is 0 Å². The maximum atomic E-state index is 13.2. The normalized spacial score (nSPS) is 29.9. The van der Waals surface area contributed by atoms with Crippen LogP contribution in [0.2, 0.25) is 0 Å². The van der Waals surface area contributed by atoms with Gasteiger partial charge in [0.2, 0.25) is 0 Å². The molecule has 3 unspecified atom stereocenters. The number of ketones is 1. The van der Waals surface area contributed by atoms with Gasteiger partial charge in [-0.2, -0.15) is 52.7 Å². The summed E-state index contributed by atoms with van der Waals surface area (Å²) in [4.78, 5) is 11.3. The Bertz CT molecular complexity index is 600. The second-order valence-corrected chi connectivity index (χ2v) is 7.66. The van der Waals surface area contributed by atoms with E-state index in [-0.39, 0.29) is 0 Å². The molecule has 0 radical (unpaired) electrons. The first-order chi connectivity index (χ1) is 13.1. The summed E-state index contributed by atoms with van der Waals surface area (Å²) in [5.41, 5.74) is -11.3. The Balaban J connectivity index is 2.60. The number of hydrogen-bond donors (Lipinski definition) is 2. The fraction of sp³-hybridized carbons (Fsp3) is 0.933. The van der Waals surface area contributed by atoms with Gasteiger partial charge in [-0.3, -0.25) is 4.79 Å². The Morgan fingerprint density at radius 3 is 1.07 bits per heavy atom. The molecular weight excluding hydrogens is 456 g/mol. The predicted molar refractivity (Wildman–Crippen MR) is 71.6 cm³/mol. The molecule has 2 rings (SSSR count). The van der Waals surface area contributed by atoms with Crippen molar-refractivity contribution >= 4 is 5.78 Å². The summed E-state index contributed by atoms with van der Waals surface area (Å²) in [6, 6.07) is 0. The molecule has 0 aromatic carbocycles. The van der Waals surface area contributed by atoms with E-state index in [1.807, 2.05) is 0 Å². The lowest BCUT2D eigenvalue weighted by atomic mass is 9.62. The first kappa shape index (κ1) is 25.0. The molecular formula is C15H14F12O3. The van der Waals surface area contributed by atoms with Gasteiger partial charge >= 0.3 is 24.7 Å². The van der Waals surface area contributed by atoms with Gasteiger partial charge in [-0.05, 0) is 25.2 Å². The highest BCUT2D eigenvalue weighted by Gasteiger charge is 2.78. The van der Waals surface area contributed by atoms with Crippen molar-refractivity contribution in [2.45, 2.75) is 61.6 Å². The van der Waals surface area contributed by atoms with E-state index in [2.05, 4.69) is 0 Å². The van der Waals surface area contributed by atoms with Crippen molar-refractivity contribution in [1.82, 2.24) is 0 Å². The minimum Gasteiger partial charge on any atom is -0.373 e. The van der Waals surface area contributed by atoms with E-state index in [1.54, 1.807) is 0 Å². The Hall–Kier alpha value is -1.25. The third-order valence-corrected chi connectivity index (χ3v) is 5.90. The second-order valence-electron chi connectivity index (χ2n) is 7.66. The third kappa shape index (κ3) is 3.75. The first-order valence-electron chi connectivity index (χ1n) is 8.33. The van der Waals surface area contributed by atoms with Crippen molar-refractivity contribution in [3.63, 3.8) is 0 Å². The van der Waals surface area contributed by atoms with Gasteiger partial charge in [-0.15, -0.1) is 0 Å². The molecule has 2 saturated carbocycles. The summed E-state index contributed by atoms with van der Waals surface area (Å²) < 4.78 is 158. The van der Waals surface area contributed by atoms with Crippen LogP contribution in [0, 0.1) is 23.7 Å². The maximum absolute atomic E-state index is 13.2. The molecule has 0 spiro atoms. The van der Waals surface area contributed by atoms with Crippen LogP contribution in [0.1, 0.15) is 25.7 Å². The van der Waals surface area contributed by atoms with E-state index in [0.717, 1.165) is 0 Å². The smallest absolute Gasteiger partial charge is 0.373 e. The largest absolute Gasteiger partial charge is 0.426 e. The Morgan fingerprint density at radius 2 is 0.867 bits per heavy atom. The number of carbonyl (C=O) groups excluding carboxylic acids is 1. The van der Waals surface area contributed by atoms with Gasteiger partial charge in [0.05, 0.1) is 0 Å². The molecule has 0 heterocycles. The summed E-state index contributed by atoms with van der Waals surface area (Å²) in [5, 5.41) is 19.0. The first-order valence-corrected chi connectivity index (χ1v) is 8.33. The Labute approximate surface area is 160 Å². The number of halogens is 12. The zero-order chi connectivity index (χ0) is 23.7. The highest BCUT2D eigenvalue weighted by molar-refractivity contribution is 5.96. The molecule has 0 aromatic rings. The molecule has 0 saturated heterocycles. The second kappa shape index (κ2) is 6.87. The number of alkyl halides is 12. The van der Waals surface area contributed by atoms with Crippen molar-refractivity contribution in [1.29, 1.82) is 0 Å². The highest BCUT2D eigenvalue weighted by Crippen LogP contribution is 2.60. The van der Waals surface area contributed by atoms with Crippen molar-refractivity contribution < 1.29 is 67.7 Å². The number of Topliss-reactive ketones (excluding diaryl/α,β-unsaturated/α-hetero) is 1. The molecule has 0 aliphatic heterocycles. The molecule has 2 fully saturated rings. The number of rotatable bonds is 3. The average Bonchev–Trinajstić information content (AvgIpc) is 3.25. The molecule has 0 amide bonds. The van der Waals surface area contributed by atoms with Crippen LogP contribution < -0.4 is 0 Å². The van der Waals surface area contributed by atoms with Gasteiger partial charge in [0.25, 0.3) is 11.2 Å². The zero-order valence-corrected chi connectivity index (χ0v) is 14.5. The Morgan fingerprint density at radius 1 is 0.600 bits per heavy atom. The predicted octanol–water partition coefficient (Wildman–Crippen LogP) is 4.32. The Kier molecular flexibility index (Phi) is 5.73. The summed E-state index contributed by atoms with van der Waals surface area (Å²) in [7, 11) is 0. The van der Waals surface area contributed by atoms with E-state index >= 15 is 0 Å². The molecule has 2 aliphatic rings. The van der Waals surface area contributed by atoms with Gasteiger partial charge in [0.1, 0.15) is 5.78 Å². The van der Waals surface area contributed by atoms with Gasteiger partial charge in [0, 0.05) is 24.2 Å². The van der Waals surface area contributed by atoms with Crippen LogP contribution in [0.3, 0.4) is 0 Å². The van der Waals surface area contributed by atoms with Crippen LogP contribution in [0.4, 0.5) is 52.7 Å². The highest BCUT2D eigenvalue weighted by atomic mass is 19.4.